The Morgan fingerprint density at radius 3 is 2.03 bits per heavy atom. The third-order valence-electron chi connectivity index (χ3n) is 6.22. The number of nitrogens with zero attached hydrogens (tertiary/aromatic N) is 3. The van der Waals surface area contributed by atoms with E-state index in [0.717, 1.165) is 12.1 Å². The van der Waals surface area contributed by atoms with Gasteiger partial charge in [-0.15, -0.1) is 0 Å². The van der Waals surface area contributed by atoms with E-state index < -0.39 is 27.8 Å². The average molecular weight is 506 g/mol. The van der Waals surface area contributed by atoms with Crippen LogP contribution in [0.3, 0.4) is 0 Å². The molecule has 5 rings (SSSR count). The van der Waals surface area contributed by atoms with Gasteiger partial charge < -0.3 is 4.84 Å². The zero-order chi connectivity index (χ0) is 25.3. The van der Waals surface area contributed by atoms with Crippen molar-refractivity contribution < 1.29 is 27.6 Å². The van der Waals surface area contributed by atoms with Gasteiger partial charge in [0, 0.05) is 32.7 Å². The van der Waals surface area contributed by atoms with Crippen molar-refractivity contribution in [1.82, 2.24) is 14.3 Å². The van der Waals surface area contributed by atoms with Gasteiger partial charge in [0.05, 0.1) is 21.6 Å². The van der Waals surface area contributed by atoms with Crippen molar-refractivity contribution in [1.29, 1.82) is 0 Å². The van der Waals surface area contributed by atoms with Crippen LogP contribution in [0.15, 0.2) is 83.8 Å². The number of imide groups is 1. The Morgan fingerprint density at radius 1 is 0.778 bits per heavy atom. The van der Waals surface area contributed by atoms with Crippen LogP contribution in [0.1, 0.15) is 36.6 Å². The number of piperazine rings is 1. The minimum atomic E-state index is -3.86. The number of fused-ring (bicyclic) bond motifs is 1. The number of amides is 2. The average Bonchev–Trinajstić information content (AvgIpc) is 3.14. The number of hydrogen-bond donors (Lipinski definition) is 0. The number of rotatable bonds is 6. The lowest BCUT2D eigenvalue weighted by Gasteiger charge is -2.34. The molecule has 1 saturated heterocycles. The third-order valence-corrected chi connectivity index (χ3v) is 8.11. The maximum absolute atomic E-state index is 13.3. The maximum Gasteiger partial charge on any atom is 0.363 e. The van der Waals surface area contributed by atoms with Crippen molar-refractivity contribution in [2.24, 2.45) is 0 Å². The van der Waals surface area contributed by atoms with Crippen LogP contribution < -0.4 is 0 Å². The molecular weight excluding hydrogens is 482 g/mol. The first-order valence-electron chi connectivity index (χ1n) is 11.4. The largest absolute Gasteiger partial charge is 0.363 e. The molecular formula is C26H23N3O6S. The zero-order valence-electron chi connectivity index (χ0n) is 19.2. The molecule has 0 unspecified atom stereocenters. The van der Waals surface area contributed by atoms with E-state index >= 15 is 0 Å². The smallest absolute Gasteiger partial charge is 0.324 e. The summed E-state index contributed by atoms with van der Waals surface area (Å²) >= 11 is 0. The Labute approximate surface area is 208 Å². The summed E-state index contributed by atoms with van der Waals surface area (Å²) in [5.41, 5.74) is 1.35. The van der Waals surface area contributed by atoms with Crippen molar-refractivity contribution in [3.8, 4) is 0 Å². The minimum absolute atomic E-state index is 0.0594. The second-order valence-corrected chi connectivity index (χ2v) is 10.5. The summed E-state index contributed by atoms with van der Waals surface area (Å²) in [5, 5.41) is 0.403. The number of carbonyl (C=O) groups is 3. The fourth-order valence-corrected chi connectivity index (χ4v) is 5.76. The standard InChI is InChI=1S/C26H23N3O6S/c30-24-22-11-4-5-12-23(22)25(31)29(24)35-26(32)20-9-6-10-21(17-20)36(33,34)28-15-13-27(14-16-28)18-19-7-2-1-3-8-19/h1-12,17H,13-16,18H2. The number of benzene rings is 3. The van der Waals surface area contributed by atoms with E-state index in [1.807, 2.05) is 30.3 Å². The van der Waals surface area contributed by atoms with Crippen LogP contribution in [0.4, 0.5) is 0 Å². The molecule has 1 fully saturated rings. The summed E-state index contributed by atoms with van der Waals surface area (Å²) in [4.78, 5) is 44.9. The van der Waals surface area contributed by atoms with Crippen LogP contribution >= 0.6 is 0 Å². The number of sulfonamides is 1. The van der Waals surface area contributed by atoms with E-state index in [9.17, 15) is 22.8 Å². The fraction of sp³-hybridized carbons (Fsp3) is 0.192. The fourth-order valence-electron chi connectivity index (χ4n) is 4.29. The summed E-state index contributed by atoms with van der Waals surface area (Å²) in [6.45, 7) is 2.54. The predicted octanol–water partition coefficient (Wildman–Crippen LogP) is 2.56. The summed E-state index contributed by atoms with van der Waals surface area (Å²) in [5.74, 6) is -2.50. The first-order valence-corrected chi connectivity index (χ1v) is 12.9. The lowest BCUT2D eigenvalue weighted by atomic mass is 10.1. The van der Waals surface area contributed by atoms with Gasteiger partial charge in [-0.2, -0.15) is 4.31 Å². The molecule has 9 nitrogen and oxygen atoms in total. The van der Waals surface area contributed by atoms with Gasteiger partial charge in [0.25, 0.3) is 11.8 Å². The van der Waals surface area contributed by atoms with Gasteiger partial charge in [-0.05, 0) is 35.9 Å². The Balaban J connectivity index is 1.26. The van der Waals surface area contributed by atoms with E-state index in [1.54, 1.807) is 12.1 Å². The summed E-state index contributed by atoms with van der Waals surface area (Å²) in [6.07, 6.45) is 0. The SMILES string of the molecule is O=C(ON1C(=O)c2ccccc2C1=O)c1cccc(S(=O)(=O)N2CCN(Cc3ccccc3)CC2)c1. The molecule has 2 aliphatic rings. The Morgan fingerprint density at radius 2 is 1.39 bits per heavy atom. The molecule has 0 aliphatic carbocycles. The second kappa shape index (κ2) is 9.65. The molecule has 0 spiro atoms. The first kappa shape index (κ1) is 23.9. The highest BCUT2D eigenvalue weighted by molar-refractivity contribution is 7.89. The molecule has 2 heterocycles. The van der Waals surface area contributed by atoms with Gasteiger partial charge in [0.15, 0.2) is 0 Å². The van der Waals surface area contributed by atoms with Crippen molar-refractivity contribution in [2.45, 2.75) is 11.4 Å². The Bertz CT molecular complexity index is 1400. The van der Waals surface area contributed by atoms with Gasteiger partial charge in [-0.1, -0.05) is 53.6 Å². The molecule has 2 aliphatic heterocycles. The monoisotopic (exact) mass is 505 g/mol. The van der Waals surface area contributed by atoms with E-state index in [4.69, 9.17) is 4.84 Å². The normalized spacial score (nSPS) is 16.7. The van der Waals surface area contributed by atoms with E-state index in [1.165, 1.54) is 40.7 Å². The lowest BCUT2D eigenvalue weighted by Crippen LogP contribution is -2.48. The van der Waals surface area contributed by atoms with Gasteiger partial charge >= 0.3 is 5.97 Å². The van der Waals surface area contributed by atoms with Crippen LogP contribution in [0.5, 0.6) is 0 Å². The zero-order valence-corrected chi connectivity index (χ0v) is 20.1. The molecule has 184 valence electrons. The molecule has 36 heavy (non-hydrogen) atoms. The first-order chi connectivity index (χ1) is 17.3. The van der Waals surface area contributed by atoms with Crippen LogP contribution in [-0.4, -0.2) is 66.6 Å². The third kappa shape index (κ3) is 4.53. The molecule has 0 aromatic heterocycles. The van der Waals surface area contributed by atoms with Gasteiger partial charge in [-0.25, -0.2) is 13.2 Å². The molecule has 10 heteroatoms. The highest BCUT2D eigenvalue weighted by Crippen LogP contribution is 2.24. The van der Waals surface area contributed by atoms with Crippen molar-refractivity contribution in [3.05, 3.63) is 101 Å². The van der Waals surface area contributed by atoms with Crippen molar-refractivity contribution in [2.75, 3.05) is 26.2 Å². The molecule has 0 N–H and O–H groups in total. The van der Waals surface area contributed by atoms with Crippen LogP contribution in [-0.2, 0) is 21.4 Å². The Hall–Kier alpha value is -3.86. The number of hydrogen-bond acceptors (Lipinski definition) is 7. The molecule has 0 atom stereocenters. The minimum Gasteiger partial charge on any atom is -0.324 e. The molecule has 0 bridgehead atoms. The summed E-state index contributed by atoms with van der Waals surface area (Å²) < 4.78 is 27.9. The van der Waals surface area contributed by atoms with Crippen molar-refractivity contribution in [3.63, 3.8) is 0 Å². The maximum atomic E-state index is 13.3. The Kier molecular flexibility index (Phi) is 6.40. The van der Waals surface area contributed by atoms with Gasteiger partial charge in [0.2, 0.25) is 10.0 Å². The summed E-state index contributed by atoms with van der Waals surface area (Å²) in [7, 11) is -3.86. The van der Waals surface area contributed by atoms with E-state index in [0.29, 0.717) is 31.2 Å². The molecule has 2 amide bonds. The lowest BCUT2D eigenvalue weighted by molar-refractivity contribution is -0.0584. The quantitative estimate of drug-likeness (QED) is 0.474. The molecule has 3 aromatic rings. The molecule has 3 aromatic carbocycles. The van der Waals surface area contributed by atoms with Crippen molar-refractivity contribution >= 4 is 27.8 Å². The van der Waals surface area contributed by atoms with Crippen LogP contribution in [0.2, 0.25) is 0 Å². The highest BCUT2D eigenvalue weighted by Gasteiger charge is 2.39. The van der Waals surface area contributed by atoms with Gasteiger partial charge in [-0.3, -0.25) is 14.5 Å². The molecule has 0 saturated carbocycles. The van der Waals surface area contributed by atoms with E-state index in [2.05, 4.69) is 4.90 Å². The molecule has 0 radical (unpaired) electrons. The second-order valence-electron chi connectivity index (χ2n) is 8.52. The highest BCUT2D eigenvalue weighted by atomic mass is 32.2. The number of carbonyl (C=O) groups excluding carboxylic acids is 3. The van der Waals surface area contributed by atoms with Crippen LogP contribution in [0.25, 0.3) is 0 Å². The van der Waals surface area contributed by atoms with Crippen LogP contribution in [0, 0.1) is 0 Å². The topological polar surface area (TPSA) is 104 Å². The van der Waals surface area contributed by atoms with E-state index in [-0.39, 0.29) is 21.6 Å². The summed E-state index contributed by atoms with van der Waals surface area (Å²) in [6, 6.07) is 21.5. The number of hydroxylamine groups is 2. The van der Waals surface area contributed by atoms with Gasteiger partial charge in [0.1, 0.15) is 0 Å². The predicted molar refractivity (Wildman–Crippen MR) is 129 cm³/mol.